The van der Waals surface area contributed by atoms with Gasteiger partial charge in [0.1, 0.15) is 0 Å². The van der Waals surface area contributed by atoms with Gasteiger partial charge in [-0.3, -0.25) is 20.4 Å². The van der Waals surface area contributed by atoms with E-state index in [1.807, 2.05) is 19.1 Å². The van der Waals surface area contributed by atoms with Gasteiger partial charge in [-0.25, -0.2) is 8.42 Å². The summed E-state index contributed by atoms with van der Waals surface area (Å²) in [5.74, 6) is -1.03. The molecule has 1 aliphatic heterocycles. The number of nitrogens with one attached hydrogen (secondary N) is 2. The van der Waals surface area contributed by atoms with Crippen LogP contribution in [0.1, 0.15) is 52.5 Å². The Bertz CT molecular complexity index is 981. The van der Waals surface area contributed by atoms with Gasteiger partial charge in [0.05, 0.1) is 4.90 Å². The molecule has 7 nitrogen and oxygen atoms in total. The average molecular weight is 416 g/mol. The van der Waals surface area contributed by atoms with Crippen molar-refractivity contribution in [3.63, 3.8) is 0 Å². The van der Waals surface area contributed by atoms with Crippen LogP contribution in [0.5, 0.6) is 0 Å². The van der Waals surface area contributed by atoms with Gasteiger partial charge in [-0.1, -0.05) is 31.5 Å². The van der Waals surface area contributed by atoms with E-state index in [0.717, 1.165) is 31.2 Å². The van der Waals surface area contributed by atoms with Gasteiger partial charge >= 0.3 is 0 Å². The first kappa shape index (κ1) is 21.0. The first-order chi connectivity index (χ1) is 13.9. The van der Waals surface area contributed by atoms with E-state index in [1.165, 1.54) is 28.6 Å². The van der Waals surface area contributed by atoms with Gasteiger partial charge in [-0.15, -0.1) is 0 Å². The number of hydrogen-bond donors (Lipinski definition) is 2. The smallest absolute Gasteiger partial charge is 0.267 e. The van der Waals surface area contributed by atoms with E-state index >= 15 is 0 Å². The maximum atomic E-state index is 12.8. The maximum absolute atomic E-state index is 12.8. The summed E-state index contributed by atoms with van der Waals surface area (Å²) < 4.78 is 27.0. The molecule has 1 saturated heterocycles. The zero-order valence-corrected chi connectivity index (χ0v) is 17.2. The third-order valence-electron chi connectivity index (χ3n) is 4.96. The van der Waals surface area contributed by atoms with Gasteiger partial charge in [0, 0.05) is 24.2 Å². The molecule has 0 unspecified atom stereocenters. The quantitative estimate of drug-likeness (QED) is 0.734. The Hall–Kier alpha value is -2.71. The van der Waals surface area contributed by atoms with E-state index in [2.05, 4.69) is 10.9 Å². The fraction of sp³-hybridized carbons (Fsp3) is 0.333. The topological polar surface area (TPSA) is 95.6 Å². The molecule has 154 valence electrons. The Balaban J connectivity index is 1.66. The molecule has 2 aromatic carbocycles. The third kappa shape index (κ3) is 5.02. The van der Waals surface area contributed by atoms with Crippen molar-refractivity contribution in [2.45, 2.75) is 37.5 Å². The van der Waals surface area contributed by atoms with Crippen molar-refractivity contribution in [2.75, 3.05) is 13.1 Å². The number of sulfonamides is 1. The number of nitrogens with zero attached hydrogens (tertiary/aromatic N) is 1. The molecule has 3 rings (SSSR count). The summed E-state index contributed by atoms with van der Waals surface area (Å²) in [5.41, 5.74) is 6.38. The molecule has 0 atom stereocenters. The normalized spacial score (nSPS) is 14.9. The van der Waals surface area contributed by atoms with E-state index in [9.17, 15) is 18.0 Å². The summed E-state index contributed by atoms with van der Waals surface area (Å²) in [6.45, 7) is 3.01. The third-order valence-corrected chi connectivity index (χ3v) is 6.86. The van der Waals surface area contributed by atoms with Crippen molar-refractivity contribution < 1.29 is 18.0 Å². The van der Waals surface area contributed by atoms with Crippen molar-refractivity contribution in [1.29, 1.82) is 0 Å². The minimum atomic E-state index is -3.63. The molecule has 1 heterocycles. The summed E-state index contributed by atoms with van der Waals surface area (Å²) in [6.07, 6.45) is 3.57. The summed E-state index contributed by atoms with van der Waals surface area (Å²) in [5, 5.41) is 0. The summed E-state index contributed by atoms with van der Waals surface area (Å²) >= 11 is 0. The number of aryl methyl sites for hydroxylation is 1. The first-order valence-corrected chi connectivity index (χ1v) is 11.2. The van der Waals surface area contributed by atoms with Gasteiger partial charge in [0.25, 0.3) is 11.8 Å². The van der Waals surface area contributed by atoms with E-state index in [4.69, 9.17) is 0 Å². The van der Waals surface area contributed by atoms with Gasteiger partial charge in [0.15, 0.2) is 0 Å². The zero-order valence-electron chi connectivity index (χ0n) is 16.3. The molecule has 2 aromatic rings. The number of amides is 2. The fourth-order valence-corrected chi connectivity index (χ4v) is 4.77. The number of rotatable bonds is 5. The lowest BCUT2D eigenvalue weighted by molar-refractivity contribution is 0.0846. The van der Waals surface area contributed by atoms with Crippen LogP contribution in [0, 0.1) is 0 Å². The zero-order chi connectivity index (χ0) is 20.9. The Kier molecular flexibility index (Phi) is 6.66. The van der Waals surface area contributed by atoms with Crippen LogP contribution in [0.2, 0.25) is 0 Å². The van der Waals surface area contributed by atoms with Crippen molar-refractivity contribution >= 4 is 21.8 Å². The highest BCUT2D eigenvalue weighted by Crippen LogP contribution is 2.21. The SMILES string of the molecule is CCc1ccc(C(=O)NNC(=O)c2cccc(S(=O)(=O)N3CCCCC3)c2)cc1. The average Bonchev–Trinajstić information content (AvgIpc) is 2.78. The lowest BCUT2D eigenvalue weighted by Gasteiger charge is -2.26. The molecule has 2 N–H and O–H groups in total. The Morgan fingerprint density at radius 2 is 1.52 bits per heavy atom. The van der Waals surface area contributed by atoms with Gasteiger partial charge in [-0.05, 0) is 55.2 Å². The van der Waals surface area contributed by atoms with Crippen molar-refractivity contribution in [3.05, 3.63) is 65.2 Å². The molecule has 0 aromatic heterocycles. The van der Waals surface area contributed by atoms with Crippen LogP contribution in [-0.4, -0.2) is 37.6 Å². The molecule has 8 heteroatoms. The van der Waals surface area contributed by atoms with Crippen LogP contribution in [-0.2, 0) is 16.4 Å². The lowest BCUT2D eigenvalue weighted by Crippen LogP contribution is -2.41. The van der Waals surface area contributed by atoms with Crippen LogP contribution in [0.15, 0.2) is 53.4 Å². The molecule has 2 amide bonds. The summed E-state index contributed by atoms with van der Waals surface area (Å²) in [4.78, 5) is 24.7. The summed E-state index contributed by atoms with van der Waals surface area (Å²) in [7, 11) is -3.63. The Morgan fingerprint density at radius 3 is 2.14 bits per heavy atom. The largest absolute Gasteiger partial charge is 0.269 e. The van der Waals surface area contributed by atoms with E-state index in [0.29, 0.717) is 18.7 Å². The predicted octanol–water partition coefficient (Wildman–Crippen LogP) is 2.50. The van der Waals surface area contributed by atoms with Gasteiger partial charge in [-0.2, -0.15) is 4.31 Å². The number of piperidine rings is 1. The monoisotopic (exact) mass is 415 g/mol. The molecular weight excluding hydrogens is 390 g/mol. The minimum Gasteiger partial charge on any atom is -0.267 e. The van der Waals surface area contributed by atoms with Crippen LogP contribution in [0.25, 0.3) is 0 Å². The molecule has 29 heavy (non-hydrogen) atoms. The second kappa shape index (κ2) is 9.19. The molecule has 0 radical (unpaired) electrons. The molecule has 0 bridgehead atoms. The highest BCUT2D eigenvalue weighted by Gasteiger charge is 2.26. The highest BCUT2D eigenvalue weighted by molar-refractivity contribution is 7.89. The summed E-state index contributed by atoms with van der Waals surface area (Å²) in [6, 6.07) is 12.9. The first-order valence-electron chi connectivity index (χ1n) is 9.71. The second-order valence-corrected chi connectivity index (χ2v) is 8.89. The van der Waals surface area contributed by atoms with Crippen molar-refractivity contribution in [2.24, 2.45) is 0 Å². The van der Waals surface area contributed by atoms with E-state index in [-0.39, 0.29) is 10.5 Å². The van der Waals surface area contributed by atoms with Gasteiger partial charge < -0.3 is 0 Å². The van der Waals surface area contributed by atoms with Crippen molar-refractivity contribution in [3.8, 4) is 0 Å². The molecular formula is C21H25N3O4S. The van der Waals surface area contributed by atoms with Crippen LogP contribution in [0.4, 0.5) is 0 Å². The molecule has 1 fully saturated rings. The lowest BCUT2D eigenvalue weighted by atomic mass is 10.1. The maximum Gasteiger partial charge on any atom is 0.269 e. The molecule has 0 aliphatic carbocycles. The number of carbonyl (C=O) groups excluding carboxylic acids is 2. The molecule has 0 spiro atoms. The van der Waals surface area contributed by atoms with E-state index in [1.54, 1.807) is 12.1 Å². The predicted molar refractivity (Wildman–Crippen MR) is 110 cm³/mol. The molecule has 0 saturated carbocycles. The highest BCUT2D eigenvalue weighted by atomic mass is 32.2. The number of hydrogen-bond acceptors (Lipinski definition) is 4. The van der Waals surface area contributed by atoms with Crippen LogP contribution < -0.4 is 10.9 Å². The molecule has 1 aliphatic rings. The fourth-order valence-electron chi connectivity index (χ4n) is 3.20. The number of carbonyl (C=O) groups is 2. The van der Waals surface area contributed by atoms with Crippen LogP contribution >= 0.6 is 0 Å². The number of hydrazine groups is 1. The van der Waals surface area contributed by atoms with Gasteiger partial charge in [0.2, 0.25) is 10.0 Å². The Labute approximate surface area is 171 Å². The second-order valence-electron chi connectivity index (χ2n) is 6.95. The van der Waals surface area contributed by atoms with Crippen LogP contribution in [0.3, 0.4) is 0 Å². The van der Waals surface area contributed by atoms with Crippen molar-refractivity contribution in [1.82, 2.24) is 15.2 Å². The number of benzene rings is 2. The van der Waals surface area contributed by atoms with E-state index < -0.39 is 21.8 Å². The minimum absolute atomic E-state index is 0.0773. The standard InChI is InChI=1S/C21H25N3O4S/c1-2-16-9-11-17(12-10-16)20(25)22-23-21(26)18-7-6-8-19(15-18)29(27,28)24-13-4-3-5-14-24/h6-12,15H,2-5,13-14H2,1H3,(H,22,25)(H,23,26). The Morgan fingerprint density at radius 1 is 0.897 bits per heavy atom.